The molecule has 1 aromatic heterocycles. The SMILES string of the molecule is COCCC(NC(=O)c1ccnc(OCC(F)(F)F)c1)C(=O)O. The summed E-state index contributed by atoms with van der Waals surface area (Å²) in [5, 5.41) is 11.2. The fraction of sp³-hybridized carbons (Fsp3) is 0.462. The predicted molar refractivity (Wildman–Crippen MR) is 71.2 cm³/mol. The maximum absolute atomic E-state index is 12.1. The molecule has 0 aliphatic rings. The van der Waals surface area contributed by atoms with Gasteiger partial charge in [0.15, 0.2) is 6.61 Å². The van der Waals surface area contributed by atoms with Crippen LogP contribution in [-0.4, -0.2) is 54.5 Å². The van der Waals surface area contributed by atoms with Gasteiger partial charge in [0.25, 0.3) is 5.91 Å². The van der Waals surface area contributed by atoms with Crippen molar-refractivity contribution in [1.82, 2.24) is 10.3 Å². The van der Waals surface area contributed by atoms with Crippen LogP contribution in [0.3, 0.4) is 0 Å². The Bertz CT molecular complexity index is 551. The Morgan fingerprint density at radius 3 is 2.70 bits per heavy atom. The summed E-state index contributed by atoms with van der Waals surface area (Å²) < 4.78 is 45.4. The molecular formula is C13H15F3N2O5. The highest BCUT2D eigenvalue weighted by atomic mass is 19.4. The minimum absolute atomic E-state index is 0.0418. The van der Waals surface area contributed by atoms with E-state index in [0.29, 0.717) is 0 Å². The number of carboxylic acids is 1. The molecule has 1 unspecified atom stereocenters. The molecule has 0 aliphatic heterocycles. The van der Waals surface area contributed by atoms with E-state index in [0.717, 1.165) is 12.3 Å². The number of amides is 1. The molecule has 0 spiro atoms. The Kier molecular flexibility index (Phi) is 6.76. The molecule has 128 valence electrons. The zero-order valence-corrected chi connectivity index (χ0v) is 12.1. The van der Waals surface area contributed by atoms with Crippen molar-refractivity contribution in [3.63, 3.8) is 0 Å². The number of halogens is 3. The Morgan fingerprint density at radius 1 is 1.43 bits per heavy atom. The van der Waals surface area contributed by atoms with E-state index < -0.39 is 36.6 Å². The van der Waals surface area contributed by atoms with Gasteiger partial charge in [-0.05, 0) is 6.07 Å². The maximum Gasteiger partial charge on any atom is 0.422 e. The largest absolute Gasteiger partial charge is 0.480 e. The zero-order valence-electron chi connectivity index (χ0n) is 12.1. The first kappa shape index (κ1) is 18.7. The molecule has 23 heavy (non-hydrogen) atoms. The van der Waals surface area contributed by atoms with Gasteiger partial charge in [-0.2, -0.15) is 13.2 Å². The number of carboxylic acid groups (broad SMARTS) is 1. The van der Waals surface area contributed by atoms with Gasteiger partial charge >= 0.3 is 12.1 Å². The fourth-order valence-corrected chi connectivity index (χ4v) is 1.52. The van der Waals surface area contributed by atoms with E-state index in [-0.39, 0.29) is 18.6 Å². The molecule has 0 aliphatic carbocycles. The molecule has 7 nitrogen and oxygen atoms in total. The van der Waals surface area contributed by atoms with Crippen LogP contribution >= 0.6 is 0 Å². The van der Waals surface area contributed by atoms with Crippen LogP contribution in [0, 0.1) is 0 Å². The summed E-state index contributed by atoms with van der Waals surface area (Å²) in [7, 11) is 1.38. The first-order chi connectivity index (χ1) is 10.7. The van der Waals surface area contributed by atoms with Crippen molar-refractivity contribution >= 4 is 11.9 Å². The van der Waals surface area contributed by atoms with Crippen LogP contribution in [0.1, 0.15) is 16.8 Å². The molecular weight excluding hydrogens is 321 g/mol. The molecule has 0 fully saturated rings. The number of nitrogens with one attached hydrogen (secondary N) is 1. The molecule has 1 atom stereocenters. The van der Waals surface area contributed by atoms with E-state index in [9.17, 15) is 22.8 Å². The number of aliphatic carboxylic acids is 1. The third kappa shape index (κ3) is 6.96. The Labute approximate surface area is 129 Å². The van der Waals surface area contributed by atoms with Crippen LogP contribution in [0.25, 0.3) is 0 Å². The first-order valence-corrected chi connectivity index (χ1v) is 6.41. The number of nitrogens with zero attached hydrogens (tertiary/aromatic N) is 1. The molecule has 0 saturated carbocycles. The summed E-state index contributed by atoms with van der Waals surface area (Å²) >= 11 is 0. The molecule has 0 radical (unpaired) electrons. The smallest absolute Gasteiger partial charge is 0.422 e. The summed E-state index contributed by atoms with van der Waals surface area (Å²) in [6, 6.07) is 1.04. The molecule has 0 saturated heterocycles. The number of hydrogen-bond donors (Lipinski definition) is 2. The van der Waals surface area contributed by atoms with Gasteiger partial charge < -0.3 is 19.9 Å². The Balaban J connectivity index is 2.73. The van der Waals surface area contributed by atoms with Crippen molar-refractivity contribution < 1.29 is 37.3 Å². The molecule has 10 heteroatoms. The molecule has 0 aromatic carbocycles. The van der Waals surface area contributed by atoms with Crippen molar-refractivity contribution in [3.05, 3.63) is 23.9 Å². The van der Waals surface area contributed by atoms with Crippen molar-refractivity contribution in [2.75, 3.05) is 20.3 Å². The topological polar surface area (TPSA) is 97.8 Å². The quantitative estimate of drug-likeness (QED) is 0.741. The summed E-state index contributed by atoms with van der Waals surface area (Å²) in [5.41, 5.74) is -0.0687. The summed E-state index contributed by atoms with van der Waals surface area (Å²) in [6.45, 7) is -1.43. The van der Waals surface area contributed by atoms with E-state index in [4.69, 9.17) is 9.84 Å². The number of carbonyl (C=O) groups excluding carboxylic acids is 1. The third-order valence-corrected chi connectivity index (χ3v) is 2.59. The normalized spacial score (nSPS) is 12.5. The lowest BCUT2D eigenvalue weighted by atomic mass is 10.2. The van der Waals surface area contributed by atoms with Crippen molar-refractivity contribution in [2.45, 2.75) is 18.6 Å². The molecule has 2 N–H and O–H groups in total. The molecule has 1 aromatic rings. The van der Waals surface area contributed by atoms with Crippen LogP contribution in [0.2, 0.25) is 0 Å². The van der Waals surface area contributed by atoms with Gasteiger partial charge in [-0.1, -0.05) is 0 Å². The minimum atomic E-state index is -4.53. The highest BCUT2D eigenvalue weighted by molar-refractivity contribution is 5.96. The second-order valence-electron chi connectivity index (χ2n) is 4.43. The third-order valence-electron chi connectivity index (χ3n) is 2.59. The highest BCUT2D eigenvalue weighted by Crippen LogP contribution is 2.17. The lowest BCUT2D eigenvalue weighted by Crippen LogP contribution is -2.41. The molecule has 1 rings (SSSR count). The fourth-order valence-electron chi connectivity index (χ4n) is 1.52. The second-order valence-corrected chi connectivity index (χ2v) is 4.43. The Morgan fingerprint density at radius 2 is 2.13 bits per heavy atom. The van der Waals surface area contributed by atoms with Gasteiger partial charge in [0.05, 0.1) is 0 Å². The Hall–Kier alpha value is -2.36. The van der Waals surface area contributed by atoms with E-state index in [1.807, 2.05) is 0 Å². The number of rotatable bonds is 8. The van der Waals surface area contributed by atoms with Gasteiger partial charge in [-0.3, -0.25) is 4.79 Å². The lowest BCUT2D eigenvalue weighted by molar-refractivity contribution is -0.154. The van der Waals surface area contributed by atoms with Gasteiger partial charge in [0.2, 0.25) is 5.88 Å². The van der Waals surface area contributed by atoms with Crippen molar-refractivity contribution in [1.29, 1.82) is 0 Å². The minimum Gasteiger partial charge on any atom is -0.480 e. The second kappa shape index (κ2) is 8.32. The number of aromatic nitrogens is 1. The number of ether oxygens (including phenoxy) is 2. The van der Waals surface area contributed by atoms with Crippen LogP contribution < -0.4 is 10.1 Å². The van der Waals surface area contributed by atoms with E-state index in [2.05, 4.69) is 15.0 Å². The van der Waals surface area contributed by atoms with Crippen LogP contribution in [-0.2, 0) is 9.53 Å². The first-order valence-electron chi connectivity index (χ1n) is 6.41. The maximum atomic E-state index is 12.1. The van der Waals surface area contributed by atoms with Gasteiger partial charge in [0, 0.05) is 38.0 Å². The number of methoxy groups -OCH3 is 1. The average Bonchev–Trinajstić information content (AvgIpc) is 2.48. The monoisotopic (exact) mass is 336 g/mol. The van der Waals surface area contributed by atoms with Gasteiger partial charge in [0.1, 0.15) is 6.04 Å². The number of pyridine rings is 1. The van der Waals surface area contributed by atoms with E-state index in [1.54, 1.807) is 0 Å². The number of carbonyl (C=O) groups is 2. The lowest BCUT2D eigenvalue weighted by Gasteiger charge is -2.14. The van der Waals surface area contributed by atoms with Crippen LogP contribution in [0.5, 0.6) is 5.88 Å². The highest BCUT2D eigenvalue weighted by Gasteiger charge is 2.29. The van der Waals surface area contributed by atoms with Crippen LogP contribution in [0.15, 0.2) is 18.3 Å². The summed E-state index contributed by atoms with van der Waals surface area (Å²) in [4.78, 5) is 26.5. The predicted octanol–water partition coefficient (Wildman–Crippen LogP) is 1.24. The van der Waals surface area contributed by atoms with Crippen LogP contribution in [0.4, 0.5) is 13.2 Å². The summed E-state index contributed by atoms with van der Waals surface area (Å²) in [6.07, 6.45) is -3.40. The van der Waals surface area contributed by atoms with E-state index in [1.165, 1.54) is 13.2 Å². The van der Waals surface area contributed by atoms with Crippen molar-refractivity contribution in [3.8, 4) is 5.88 Å². The van der Waals surface area contributed by atoms with E-state index >= 15 is 0 Å². The summed E-state index contributed by atoms with van der Waals surface area (Å²) in [5.74, 6) is -2.41. The standard InChI is InChI=1S/C13H15F3N2O5/c1-22-5-3-9(12(20)21)18-11(19)8-2-4-17-10(6-8)23-7-13(14,15)16/h2,4,6,9H,3,5,7H2,1H3,(H,18,19)(H,20,21). The number of hydrogen-bond acceptors (Lipinski definition) is 5. The van der Waals surface area contributed by atoms with Gasteiger partial charge in [-0.15, -0.1) is 0 Å². The number of alkyl halides is 3. The van der Waals surface area contributed by atoms with Gasteiger partial charge in [-0.25, -0.2) is 9.78 Å². The molecule has 1 amide bonds. The average molecular weight is 336 g/mol. The molecule has 0 bridgehead atoms. The zero-order chi connectivity index (χ0) is 17.5. The van der Waals surface area contributed by atoms with Crippen molar-refractivity contribution in [2.24, 2.45) is 0 Å². The molecule has 1 heterocycles.